The van der Waals surface area contributed by atoms with Crippen molar-refractivity contribution in [3.8, 4) is 0 Å². The number of Topliss-reactive ketones (excluding diaryl/α,β-unsaturated/α-hetero) is 1. The highest BCUT2D eigenvalue weighted by molar-refractivity contribution is 7.84. The number of hydrogen-bond acceptors (Lipinski definition) is 4. The summed E-state index contributed by atoms with van der Waals surface area (Å²) in [6, 6.07) is 9.29. The van der Waals surface area contributed by atoms with Gasteiger partial charge in [0, 0.05) is 16.6 Å². The Morgan fingerprint density at radius 1 is 1.22 bits per heavy atom. The van der Waals surface area contributed by atoms with E-state index in [1.807, 2.05) is 30.3 Å². The van der Waals surface area contributed by atoms with E-state index in [4.69, 9.17) is 0 Å². The van der Waals surface area contributed by atoms with Crippen molar-refractivity contribution in [3.63, 3.8) is 0 Å². The Hall–Kier alpha value is -1.49. The van der Waals surface area contributed by atoms with Gasteiger partial charge >= 0.3 is 5.97 Å². The van der Waals surface area contributed by atoms with Crippen molar-refractivity contribution in [1.82, 2.24) is 0 Å². The van der Waals surface area contributed by atoms with Gasteiger partial charge in [-0.15, -0.1) is 0 Å². The molecule has 0 amide bonds. The molecule has 18 heavy (non-hydrogen) atoms. The lowest BCUT2D eigenvalue weighted by Crippen LogP contribution is -2.17. The van der Waals surface area contributed by atoms with Crippen LogP contribution in [0, 0.1) is 0 Å². The first-order valence-electron chi connectivity index (χ1n) is 5.68. The van der Waals surface area contributed by atoms with Crippen LogP contribution in [-0.2, 0) is 30.9 Å². The van der Waals surface area contributed by atoms with Gasteiger partial charge in [-0.3, -0.25) is 13.8 Å². The van der Waals surface area contributed by atoms with Crippen LogP contribution in [0.25, 0.3) is 0 Å². The topological polar surface area (TPSA) is 60.4 Å². The lowest BCUT2D eigenvalue weighted by atomic mass is 10.2. The number of ether oxygens (including phenoxy) is 1. The molecule has 0 aromatic heterocycles. The Balaban J connectivity index is 2.36. The van der Waals surface area contributed by atoms with Crippen LogP contribution < -0.4 is 0 Å². The van der Waals surface area contributed by atoms with Crippen LogP contribution in [0.5, 0.6) is 0 Å². The molecule has 0 heterocycles. The molecule has 0 N–H and O–H groups in total. The third-order valence-corrected chi connectivity index (χ3v) is 3.44. The molecule has 0 aliphatic heterocycles. The predicted octanol–water partition coefficient (Wildman–Crippen LogP) is 1.46. The third kappa shape index (κ3) is 5.72. The highest BCUT2D eigenvalue weighted by Gasteiger charge is 2.13. The molecule has 5 heteroatoms. The van der Waals surface area contributed by atoms with E-state index in [0.29, 0.717) is 5.75 Å². The van der Waals surface area contributed by atoms with Gasteiger partial charge in [0.05, 0.1) is 12.4 Å². The van der Waals surface area contributed by atoms with Crippen LogP contribution in [0.15, 0.2) is 30.3 Å². The van der Waals surface area contributed by atoms with Crippen LogP contribution in [0.1, 0.15) is 18.9 Å². The van der Waals surface area contributed by atoms with E-state index in [0.717, 1.165) is 5.56 Å². The zero-order valence-corrected chi connectivity index (χ0v) is 11.1. The van der Waals surface area contributed by atoms with E-state index >= 15 is 0 Å². The molecule has 1 rings (SSSR count). The zero-order valence-electron chi connectivity index (χ0n) is 10.3. The molecule has 1 atom stereocenters. The largest absolute Gasteiger partial charge is 0.466 e. The molecule has 0 radical (unpaired) electrons. The van der Waals surface area contributed by atoms with Crippen molar-refractivity contribution < 1.29 is 18.5 Å². The van der Waals surface area contributed by atoms with E-state index in [1.165, 1.54) is 0 Å². The molecule has 1 unspecified atom stereocenters. The van der Waals surface area contributed by atoms with Crippen molar-refractivity contribution in [2.75, 3.05) is 12.4 Å². The lowest BCUT2D eigenvalue weighted by molar-refractivity contribution is -0.145. The fourth-order valence-corrected chi connectivity index (χ4v) is 2.54. The predicted molar refractivity (Wildman–Crippen MR) is 69.4 cm³/mol. The van der Waals surface area contributed by atoms with Crippen LogP contribution in [-0.4, -0.2) is 28.3 Å². The summed E-state index contributed by atoms with van der Waals surface area (Å²) in [5, 5.41) is 0. The standard InChI is InChI=1S/C13H16O4S/c1-2-17-13(15)8-12(14)10-18(16)9-11-6-4-3-5-7-11/h3-7H,2,8-10H2,1H3. The Morgan fingerprint density at radius 3 is 2.50 bits per heavy atom. The summed E-state index contributed by atoms with van der Waals surface area (Å²) in [4.78, 5) is 22.5. The minimum atomic E-state index is -1.28. The first-order valence-corrected chi connectivity index (χ1v) is 7.17. The van der Waals surface area contributed by atoms with Gasteiger partial charge in [-0.05, 0) is 12.5 Å². The molecule has 0 fully saturated rings. The second-order valence-electron chi connectivity index (χ2n) is 3.73. The summed E-state index contributed by atoms with van der Waals surface area (Å²) in [5.74, 6) is -0.676. The van der Waals surface area contributed by atoms with Crippen LogP contribution in [0.4, 0.5) is 0 Å². The Morgan fingerprint density at radius 2 is 1.89 bits per heavy atom. The minimum Gasteiger partial charge on any atom is -0.466 e. The van der Waals surface area contributed by atoms with Crippen molar-refractivity contribution in [2.45, 2.75) is 19.1 Å². The van der Waals surface area contributed by atoms with E-state index in [9.17, 15) is 13.8 Å². The highest BCUT2D eigenvalue weighted by Crippen LogP contribution is 2.03. The number of esters is 1. The van der Waals surface area contributed by atoms with Crippen LogP contribution in [0.2, 0.25) is 0 Å². The molecule has 0 spiro atoms. The lowest BCUT2D eigenvalue weighted by Gasteiger charge is -2.02. The van der Waals surface area contributed by atoms with Gasteiger partial charge in [0.2, 0.25) is 0 Å². The van der Waals surface area contributed by atoms with Gasteiger partial charge in [0.15, 0.2) is 5.78 Å². The smallest absolute Gasteiger partial charge is 0.313 e. The van der Waals surface area contributed by atoms with Gasteiger partial charge in [-0.25, -0.2) is 0 Å². The number of rotatable bonds is 7. The Labute approximate surface area is 109 Å². The van der Waals surface area contributed by atoms with Gasteiger partial charge in [0.1, 0.15) is 6.42 Å². The molecule has 0 aliphatic rings. The second-order valence-corrected chi connectivity index (χ2v) is 5.19. The monoisotopic (exact) mass is 268 g/mol. The summed E-state index contributed by atoms with van der Waals surface area (Å²) >= 11 is 0. The molecule has 1 aromatic rings. The maximum atomic E-state index is 11.7. The Bertz CT molecular complexity index is 428. The van der Waals surface area contributed by atoms with Crippen molar-refractivity contribution >= 4 is 22.6 Å². The van der Waals surface area contributed by atoms with Crippen LogP contribution >= 0.6 is 0 Å². The van der Waals surface area contributed by atoms with Crippen LogP contribution in [0.3, 0.4) is 0 Å². The van der Waals surface area contributed by atoms with E-state index in [1.54, 1.807) is 6.92 Å². The van der Waals surface area contributed by atoms with Gasteiger partial charge in [-0.1, -0.05) is 30.3 Å². The molecule has 98 valence electrons. The summed E-state index contributed by atoms with van der Waals surface area (Å²) < 4.78 is 16.4. The number of carbonyl (C=O) groups is 2. The average Bonchev–Trinajstić information content (AvgIpc) is 2.29. The molecule has 0 saturated heterocycles. The molecule has 1 aromatic carbocycles. The summed E-state index contributed by atoms with van der Waals surface area (Å²) in [6.45, 7) is 1.93. The van der Waals surface area contributed by atoms with Crippen molar-refractivity contribution in [3.05, 3.63) is 35.9 Å². The minimum absolute atomic E-state index is 0.103. The quantitative estimate of drug-likeness (QED) is 0.555. The second kappa shape index (κ2) is 7.76. The molecule has 0 aliphatic carbocycles. The number of benzene rings is 1. The third-order valence-electron chi connectivity index (χ3n) is 2.14. The molecule has 0 saturated carbocycles. The highest BCUT2D eigenvalue weighted by atomic mass is 32.2. The summed E-state index contributed by atoms with van der Waals surface area (Å²) in [5.41, 5.74) is 0.916. The number of carbonyl (C=O) groups excluding carboxylic acids is 2. The molecular formula is C13H16O4S. The molecule has 4 nitrogen and oxygen atoms in total. The van der Waals surface area contributed by atoms with E-state index in [2.05, 4.69) is 4.74 Å². The normalized spacial score (nSPS) is 11.8. The van der Waals surface area contributed by atoms with Gasteiger partial charge < -0.3 is 4.74 Å². The first kappa shape index (κ1) is 14.6. The fourth-order valence-electron chi connectivity index (χ4n) is 1.41. The SMILES string of the molecule is CCOC(=O)CC(=O)CS(=O)Cc1ccccc1. The van der Waals surface area contributed by atoms with E-state index < -0.39 is 16.8 Å². The van der Waals surface area contributed by atoms with Crippen molar-refractivity contribution in [1.29, 1.82) is 0 Å². The number of ketones is 1. The van der Waals surface area contributed by atoms with E-state index in [-0.39, 0.29) is 24.6 Å². The maximum absolute atomic E-state index is 11.7. The fraction of sp³-hybridized carbons (Fsp3) is 0.385. The van der Waals surface area contributed by atoms with Gasteiger partial charge in [0.25, 0.3) is 0 Å². The zero-order chi connectivity index (χ0) is 13.4. The maximum Gasteiger partial charge on any atom is 0.313 e. The Kier molecular flexibility index (Phi) is 6.28. The first-order chi connectivity index (χ1) is 8.61. The summed E-state index contributed by atoms with van der Waals surface area (Å²) in [6.07, 6.45) is -0.297. The van der Waals surface area contributed by atoms with Crippen molar-refractivity contribution in [2.24, 2.45) is 0 Å². The molecule has 0 bridgehead atoms. The molecular weight excluding hydrogens is 252 g/mol. The summed E-state index contributed by atoms with van der Waals surface area (Å²) in [7, 11) is -1.28. The van der Waals surface area contributed by atoms with Gasteiger partial charge in [-0.2, -0.15) is 0 Å². The average molecular weight is 268 g/mol. The number of hydrogen-bond donors (Lipinski definition) is 0.